The fraction of sp³-hybridized carbons (Fsp3) is 0.471. The minimum atomic E-state index is -0.950. The Morgan fingerprint density at radius 2 is 1.83 bits per heavy atom. The van der Waals surface area contributed by atoms with Crippen LogP contribution in [-0.2, 0) is 14.3 Å². The van der Waals surface area contributed by atoms with Gasteiger partial charge in [-0.2, -0.15) is 0 Å². The van der Waals surface area contributed by atoms with E-state index in [0.717, 1.165) is 5.56 Å². The third-order valence-electron chi connectivity index (χ3n) is 3.51. The average Bonchev–Trinajstić information content (AvgIpc) is 2.50. The molecule has 23 heavy (non-hydrogen) atoms. The lowest BCUT2D eigenvalue weighted by molar-refractivity contribution is -0.144. The van der Waals surface area contributed by atoms with Crippen molar-refractivity contribution in [2.24, 2.45) is 0 Å². The maximum Gasteiger partial charge on any atom is 0.307 e. The molecule has 0 saturated heterocycles. The normalized spacial score (nSPS) is 12.0. The molecule has 0 saturated carbocycles. The zero-order valence-corrected chi connectivity index (χ0v) is 13.7. The molecule has 0 bridgehead atoms. The summed E-state index contributed by atoms with van der Waals surface area (Å²) in [7, 11) is 1.64. The maximum atomic E-state index is 12.7. The summed E-state index contributed by atoms with van der Waals surface area (Å²) in [5, 5.41) is 8.79. The molecular weight excluding hydrogens is 298 g/mol. The molecule has 1 N–H and O–H groups in total. The van der Waals surface area contributed by atoms with Gasteiger partial charge in [0.25, 0.3) is 0 Å². The Kier molecular flexibility index (Phi) is 7.41. The van der Waals surface area contributed by atoms with E-state index in [2.05, 4.69) is 0 Å². The minimum absolute atomic E-state index is 0.100. The van der Waals surface area contributed by atoms with Gasteiger partial charge in [0.2, 0.25) is 0 Å². The summed E-state index contributed by atoms with van der Waals surface area (Å²) in [6, 6.07) is 6.33. The molecule has 126 valence electrons. The van der Waals surface area contributed by atoms with Crippen LogP contribution in [0.3, 0.4) is 0 Å². The van der Waals surface area contributed by atoms with Gasteiger partial charge in [-0.25, -0.2) is 0 Å². The van der Waals surface area contributed by atoms with Crippen molar-refractivity contribution in [2.45, 2.75) is 32.7 Å². The summed E-state index contributed by atoms with van der Waals surface area (Å²) in [5.41, 5.74) is 1.52. The number of carbonyl (C=O) groups excluding carboxylic acids is 2. The predicted octanol–water partition coefficient (Wildman–Crippen LogP) is 1.91. The minimum Gasteiger partial charge on any atom is -0.481 e. The first-order chi connectivity index (χ1) is 10.8. The zero-order valence-electron chi connectivity index (χ0n) is 13.7. The molecule has 1 unspecified atom stereocenters. The Bertz CT molecular complexity index is 553. The molecule has 0 radical (unpaired) electrons. The second-order valence-electron chi connectivity index (χ2n) is 5.38. The average molecular weight is 321 g/mol. The van der Waals surface area contributed by atoms with E-state index in [-0.39, 0.29) is 31.8 Å². The number of Topliss-reactive ketones (excluding diaryl/α,β-unsaturated/α-hetero) is 1. The predicted molar refractivity (Wildman–Crippen MR) is 85.4 cm³/mol. The fourth-order valence-corrected chi connectivity index (χ4v) is 2.16. The van der Waals surface area contributed by atoms with E-state index in [1.165, 1.54) is 0 Å². The van der Waals surface area contributed by atoms with Gasteiger partial charge in [0.05, 0.1) is 25.5 Å². The Morgan fingerprint density at radius 3 is 2.35 bits per heavy atom. The maximum absolute atomic E-state index is 12.7. The number of aryl methyl sites for hydroxylation is 1. The van der Waals surface area contributed by atoms with Gasteiger partial charge in [-0.3, -0.25) is 19.3 Å². The van der Waals surface area contributed by atoms with Gasteiger partial charge in [0.15, 0.2) is 5.78 Å². The number of carbonyl (C=O) groups is 3. The lowest BCUT2D eigenvalue weighted by Crippen LogP contribution is -2.41. The summed E-state index contributed by atoms with van der Waals surface area (Å²) in [4.78, 5) is 36.8. The SMILES string of the molecule is CCOC(=O)CC(C(=O)c1ccc(C)cc1)N(C)CCC(=O)O. The molecule has 6 nitrogen and oxygen atoms in total. The molecule has 0 heterocycles. The molecule has 0 amide bonds. The van der Waals surface area contributed by atoms with Crippen molar-refractivity contribution in [3.05, 3.63) is 35.4 Å². The van der Waals surface area contributed by atoms with E-state index < -0.39 is 18.0 Å². The van der Waals surface area contributed by atoms with Gasteiger partial charge < -0.3 is 9.84 Å². The standard InChI is InChI=1S/C17H23NO5/c1-4-23-16(21)11-14(18(3)10-9-15(19)20)17(22)13-7-5-12(2)6-8-13/h5-8,14H,4,9-11H2,1-3H3,(H,19,20). The number of carboxylic acid groups (broad SMARTS) is 1. The number of aliphatic carboxylic acids is 1. The summed E-state index contributed by atoms with van der Waals surface area (Å²) >= 11 is 0. The number of ether oxygens (including phenoxy) is 1. The topological polar surface area (TPSA) is 83.9 Å². The van der Waals surface area contributed by atoms with Gasteiger partial charge >= 0.3 is 11.9 Å². The van der Waals surface area contributed by atoms with Crippen molar-refractivity contribution in [3.63, 3.8) is 0 Å². The molecular formula is C17H23NO5. The van der Waals surface area contributed by atoms with Crippen LogP contribution in [0.2, 0.25) is 0 Å². The van der Waals surface area contributed by atoms with Crippen LogP contribution >= 0.6 is 0 Å². The molecule has 6 heteroatoms. The van der Waals surface area contributed by atoms with E-state index in [0.29, 0.717) is 5.56 Å². The third-order valence-corrected chi connectivity index (χ3v) is 3.51. The van der Waals surface area contributed by atoms with Crippen LogP contribution in [0.25, 0.3) is 0 Å². The van der Waals surface area contributed by atoms with Gasteiger partial charge in [-0.1, -0.05) is 29.8 Å². The summed E-state index contributed by atoms with van der Waals surface area (Å²) in [5.74, 6) is -1.64. The summed E-state index contributed by atoms with van der Waals surface area (Å²) in [6.45, 7) is 4.03. The molecule has 0 spiro atoms. The van der Waals surface area contributed by atoms with Gasteiger partial charge in [0.1, 0.15) is 0 Å². The van der Waals surface area contributed by atoms with Crippen LogP contribution in [0.15, 0.2) is 24.3 Å². The molecule has 1 aromatic carbocycles. The summed E-state index contributed by atoms with van der Waals surface area (Å²) < 4.78 is 4.92. The van der Waals surface area contributed by atoms with E-state index in [1.54, 1.807) is 31.0 Å². The smallest absolute Gasteiger partial charge is 0.307 e. The van der Waals surface area contributed by atoms with E-state index in [4.69, 9.17) is 9.84 Å². The van der Waals surface area contributed by atoms with Crippen LogP contribution in [0, 0.1) is 6.92 Å². The number of esters is 1. The van der Waals surface area contributed by atoms with Crippen LogP contribution in [0.5, 0.6) is 0 Å². The van der Waals surface area contributed by atoms with Crippen molar-refractivity contribution >= 4 is 17.7 Å². The van der Waals surface area contributed by atoms with E-state index in [1.807, 2.05) is 19.1 Å². The monoisotopic (exact) mass is 321 g/mol. The van der Waals surface area contributed by atoms with Crippen molar-refractivity contribution in [1.29, 1.82) is 0 Å². The second-order valence-corrected chi connectivity index (χ2v) is 5.38. The van der Waals surface area contributed by atoms with Crippen molar-refractivity contribution in [1.82, 2.24) is 4.90 Å². The summed E-state index contributed by atoms with van der Waals surface area (Å²) in [6.07, 6.45) is -0.201. The number of ketones is 1. The van der Waals surface area contributed by atoms with Gasteiger partial charge in [0, 0.05) is 12.1 Å². The number of hydrogen-bond acceptors (Lipinski definition) is 5. The number of benzene rings is 1. The molecule has 0 aliphatic carbocycles. The molecule has 0 fully saturated rings. The van der Waals surface area contributed by atoms with Crippen LogP contribution < -0.4 is 0 Å². The number of nitrogens with zero attached hydrogens (tertiary/aromatic N) is 1. The van der Waals surface area contributed by atoms with Crippen LogP contribution in [0.4, 0.5) is 0 Å². The molecule has 0 aliphatic heterocycles. The fourth-order valence-electron chi connectivity index (χ4n) is 2.16. The molecule has 1 aromatic rings. The Hall–Kier alpha value is -2.21. The molecule has 1 atom stereocenters. The highest BCUT2D eigenvalue weighted by Gasteiger charge is 2.27. The number of rotatable bonds is 9. The largest absolute Gasteiger partial charge is 0.481 e. The first-order valence-electron chi connectivity index (χ1n) is 7.53. The molecule has 1 rings (SSSR count). The number of likely N-dealkylation sites (N-methyl/N-ethyl adjacent to an activating group) is 1. The van der Waals surface area contributed by atoms with E-state index in [9.17, 15) is 14.4 Å². The van der Waals surface area contributed by atoms with Gasteiger partial charge in [-0.05, 0) is 20.9 Å². The van der Waals surface area contributed by atoms with Gasteiger partial charge in [-0.15, -0.1) is 0 Å². The van der Waals surface area contributed by atoms with Crippen molar-refractivity contribution in [3.8, 4) is 0 Å². The van der Waals surface area contributed by atoms with Crippen LogP contribution in [-0.4, -0.2) is 54.0 Å². The number of carboxylic acids is 1. The highest BCUT2D eigenvalue weighted by molar-refractivity contribution is 6.01. The Labute approximate surface area is 136 Å². The Morgan fingerprint density at radius 1 is 1.22 bits per heavy atom. The highest BCUT2D eigenvalue weighted by Crippen LogP contribution is 2.14. The third kappa shape index (κ3) is 6.20. The lowest BCUT2D eigenvalue weighted by Gasteiger charge is -2.26. The highest BCUT2D eigenvalue weighted by atomic mass is 16.5. The zero-order chi connectivity index (χ0) is 17.4. The van der Waals surface area contributed by atoms with Crippen molar-refractivity contribution < 1.29 is 24.2 Å². The lowest BCUT2D eigenvalue weighted by atomic mass is 9.99. The molecule has 0 aromatic heterocycles. The number of hydrogen-bond donors (Lipinski definition) is 1. The molecule has 0 aliphatic rings. The van der Waals surface area contributed by atoms with E-state index >= 15 is 0 Å². The quantitative estimate of drug-likeness (QED) is 0.552. The first-order valence-corrected chi connectivity index (χ1v) is 7.53. The first kappa shape index (κ1) is 18.8. The second kappa shape index (κ2) is 9.05. The Balaban J connectivity index is 2.92. The van der Waals surface area contributed by atoms with Crippen LogP contribution in [0.1, 0.15) is 35.7 Å². The van der Waals surface area contributed by atoms with Crippen molar-refractivity contribution in [2.75, 3.05) is 20.2 Å².